The number of hydrogen-bond acceptors (Lipinski definition) is 6. The van der Waals surface area contributed by atoms with Crippen molar-refractivity contribution in [1.29, 1.82) is 0 Å². The standard InChI is InChI=1S/C24H26N4O2/c1-23(2,29)17-6-7-20-16(22(17)26)9-14(13-28-20)12-24(3,30)18-10-15-5-4-8-27-21(15)11-19(18)25/h4-11,13,29-30H,12,25-26H2,1-3H3. The first-order chi connectivity index (χ1) is 14.1. The van der Waals surface area contributed by atoms with Gasteiger partial charge in [0, 0.05) is 52.1 Å². The number of aliphatic hydroxyl groups is 2. The molecule has 0 aliphatic carbocycles. The molecular formula is C24H26N4O2. The molecular weight excluding hydrogens is 376 g/mol. The van der Waals surface area contributed by atoms with Crippen LogP contribution in [0.5, 0.6) is 0 Å². The van der Waals surface area contributed by atoms with Crippen molar-refractivity contribution >= 4 is 33.2 Å². The highest BCUT2D eigenvalue weighted by atomic mass is 16.3. The van der Waals surface area contributed by atoms with Gasteiger partial charge >= 0.3 is 0 Å². The molecule has 1 atom stereocenters. The molecule has 2 aromatic carbocycles. The summed E-state index contributed by atoms with van der Waals surface area (Å²) in [5, 5.41) is 23.4. The van der Waals surface area contributed by atoms with Gasteiger partial charge in [-0.15, -0.1) is 0 Å². The summed E-state index contributed by atoms with van der Waals surface area (Å²) in [5.41, 5.74) is 14.9. The van der Waals surface area contributed by atoms with Crippen LogP contribution in [0.2, 0.25) is 0 Å². The van der Waals surface area contributed by atoms with Crippen LogP contribution in [0, 0.1) is 0 Å². The number of anilines is 2. The van der Waals surface area contributed by atoms with Crippen LogP contribution in [0.1, 0.15) is 37.5 Å². The van der Waals surface area contributed by atoms with Crippen LogP contribution in [-0.2, 0) is 17.6 Å². The molecule has 0 saturated carbocycles. The first kappa shape index (κ1) is 20.1. The van der Waals surface area contributed by atoms with Gasteiger partial charge in [0.2, 0.25) is 0 Å². The zero-order valence-electron chi connectivity index (χ0n) is 17.3. The minimum Gasteiger partial charge on any atom is -0.398 e. The summed E-state index contributed by atoms with van der Waals surface area (Å²) in [6.07, 6.45) is 3.75. The Morgan fingerprint density at radius 3 is 2.40 bits per heavy atom. The Labute approximate surface area is 175 Å². The zero-order chi connectivity index (χ0) is 21.7. The normalized spacial score (nSPS) is 14.2. The van der Waals surface area contributed by atoms with Crippen LogP contribution in [0.15, 0.2) is 54.9 Å². The Hall–Kier alpha value is -3.22. The van der Waals surface area contributed by atoms with E-state index in [0.717, 1.165) is 27.4 Å². The monoisotopic (exact) mass is 402 g/mol. The van der Waals surface area contributed by atoms with Crippen molar-refractivity contribution in [3.8, 4) is 0 Å². The third-order valence-corrected chi connectivity index (χ3v) is 5.53. The van der Waals surface area contributed by atoms with Gasteiger partial charge in [0.05, 0.1) is 22.2 Å². The van der Waals surface area contributed by atoms with E-state index in [1.807, 2.05) is 30.3 Å². The lowest BCUT2D eigenvalue weighted by molar-refractivity contribution is 0.0585. The second kappa shape index (κ2) is 6.93. The fourth-order valence-corrected chi connectivity index (χ4v) is 3.99. The van der Waals surface area contributed by atoms with Crippen molar-refractivity contribution in [2.24, 2.45) is 0 Å². The Balaban J connectivity index is 1.76. The summed E-state index contributed by atoms with van der Waals surface area (Å²) in [6, 6.07) is 13.0. The van der Waals surface area contributed by atoms with Crippen molar-refractivity contribution in [1.82, 2.24) is 9.97 Å². The van der Waals surface area contributed by atoms with Crippen LogP contribution in [0.4, 0.5) is 11.4 Å². The van der Waals surface area contributed by atoms with Crippen molar-refractivity contribution < 1.29 is 10.2 Å². The van der Waals surface area contributed by atoms with Gasteiger partial charge in [-0.05, 0) is 56.7 Å². The minimum absolute atomic E-state index is 0.304. The van der Waals surface area contributed by atoms with Crippen molar-refractivity contribution in [2.45, 2.75) is 38.4 Å². The summed E-state index contributed by atoms with van der Waals surface area (Å²) in [5.74, 6) is 0. The first-order valence-corrected chi connectivity index (χ1v) is 9.83. The highest BCUT2D eigenvalue weighted by Gasteiger charge is 2.27. The second-order valence-corrected chi connectivity index (χ2v) is 8.58. The molecule has 154 valence electrons. The molecule has 2 aromatic heterocycles. The van der Waals surface area contributed by atoms with E-state index in [0.29, 0.717) is 28.9 Å². The van der Waals surface area contributed by atoms with Crippen LogP contribution in [0.25, 0.3) is 21.8 Å². The molecule has 0 radical (unpaired) electrons. The molecule has 2 heterocycles. The molecule has 4 rings (SSSR count). The Morgan fingerprint density at radius 1 is 0.900 bits per heavy atom. The fourth-order valence-electron chi connectivity index (χ4n) is 3.99. The third-order valence-electron chi connectivity index (χ3n) is 5.53. The molecule has 4 aromatic rings. The lowest BCUT2D eigenvalue weighted by atomic mass is 9.87. The predicted molar refractivity (Wildman–Crippen MR) is 121 cm³/mol. The number of hydrogen-bond donors (Lipinski definition) is 4. The Bertz CT molecular complexity index is 1260. The highest BCUT2D eigenvalue weighted by molar-refractivity contribution is 5.92. The van der Waals surface area contributed by atoms with Crippen molar-refractivity contribution in [3.63, 3.8) is 0 Å². The summed E-state index contributed by atoms with van der Waals surface area (Å²) < 4.78 is 0. The SMILES string of the molecule is CC(C)(O)c1ccc2ncc(CC(C)(O)c3cc4cccnc4cc3N)cc2c1N. The average molecular weight is 402 g/mol. The van der Waals surface area contributed by atoms with Crippen LogP contribution in [0.3, 0.4) is 0 Å². The first-order valence-electron chi connectivity index (χ1n) is 9.83. The Kier molecular flexibility index (Phi) is 4.64. The van der Waals surface area contributed by atoms with Gasteiger partial charge in [0.15, 0.2) is 0 Å². The van der Waals surface area contributed by atoms with Crippen molar-refractivity contribution in [3.05, 3.63) is 71.5 Å². The van der Waals surface area contributed by atoms with Crippen LogP contribution in [-0.4, -0.2) is 20.2 Å². The molecule has 0 saturated heterocycles. The number of fused-ring (bicyclic) bond motifs is 2. The summed E-state index contributed by atoms with van der Waals surface area (Å²) in [7, 11) is 0. The molecule has 0 fully saturated rings. The molecule has 0 spiro atoms. The number of aromatic nitrogens is 2. The minimum atomic E-state index is -1.22. The Morgan fingerprint density at radius 2 is 1.67 bits per heavy atom. The van der Waals surface area contributed by atoms with E-state index in [-0.39, 0.29) is 0 Å². The maximum Gasteiger partial charge on any atom is 0.0929 e. The van der Waals surface area contributed by atoms with E-state index in [4.69, 9.17) is 11.5 Å². The van der Waals surface area contributed by atoms with Gasteiger partial charge in [-0.3, -0.25) is 9.97 Å². The lowest BCUT2D eigenvalue weighted by Gasteiger charge is -2.26. The summed E-state index contributed by atoms with van der Waals surface area (Å²) in [6.45, 7) is 5.13. The molecule has 6 heteroatoms. The van der Waals surface area contributed by atoms with Gasteiger partial charge in [-0.1, -0.05) is 12.1 Å². The number of nitrogen functional groups attached to an aromatic ring is 2. The molecule has 6 N–H and O–H groups in total. The number of nitrogens with zero attached hydrogens (tertiary/aromatic N) is 2. The summed E-state index contributed by atoms with van der Waals surface area (Å²) in [4.78, 5) is 8.82. The molecule has 0 aliphatic rings. The molecule has 0 aliphatic heterocycles. The maximum absolute atomic E-state index is 11.3. The number of rotatable bonds is 4. The molecule has 30 heavy (non-hydrogen) atoms. The molecule has 1 unspecified atom stereocenters. The number of benzene rings is 2. The summed E-state index contributed by atoms with van der Waals surface area (Å²) >= 11 is 0. The molecule has 6 nitrogen and oxygen atoms in total. The highest BCUT2D eigenvalue weighted by Crippen LogP contribution is 2.35. The van der Waals surface area contributed by atoms with E-state index >= 15 is 0 Å². The van der Waals surface area contributed by atoms with E-state index in [1.165, 1.54) is 0 Å². The second-order valence-electron chi connectivity index (χ2n) is 8.58. The fraction of sp³-hybridized carbons (Fsp3) is 0.250. The quantitative estimate of drug-likeness (QED) is 0.387. The van der Waals surface area contributed by atoms with Gasteiger partial charge in [0.25, 0.3) is 0 Å². The van der Waals surface area contributed by atoms with Gasteiger partial charge < -0.3 is 21.7 Å². The maximum atomic E-state index is 11.3. The predicted octanol–water partition coefficient (Wildman–Crippen LogP) is 3.62. The number of nitrogens with two attached hydrogens (primary N) is 2. The molecule has 0 amide bonds. The lowest BCUT2D eigenvalue weighted by Crippen LogP contribution is -2.26. The van der Waals surface area contributed by atoms with Gasteiger partial charge in [-0.2, -0.15) is 0 Å². The third kappa shape index (κ3) is 3.56. The average Bonchev–Trinajstić information content (AvgIpc) is 2.66. The van der Waals surface area contributed by atoms with Crippen LogP contribution >= 0.6 is 0 Å². The van der Waals surface area contributed by atoms with Crippen LogP contribution < -0.4 is 11.5 Å². The van der Waals surface area contributed by atoms with Gasteiger partial charge in [0.1, 0.15) is 0 Å². The van der Waals surface area contributed by atoms with Crippen molar-refractivity contribution in [2.75, 3.05) is 11.5 Å². The number of pyridine rings is 2. The van der Waals surface area contributed by atoms with E-state index in [1.54, 1.807) is 45.3 Å². The van der Waals surface area contributed by atoms with E-state index in [9.17, 15) is 10.2 Å². The van der Waals surface area contributed by atoms with E-state index < -0.39 is 11.2 Å². The largest absolute Gasteiger partial charge is 0.398 e. The topological polar surface area (TPSA) is 118 Å². The zero-order valence-corrected chi connectivity index (χ0v) is 17.3. The van der Waals surface area contributed by atoms with Gasteiger partial charge in [-0.25, -0.2) is 0 Å². The smallest absolute Gasteiger partial charge is 0.0929 e. The van der Waals surface area contributed by atoms with E-state index in [2.05, 4.69) is 9.97 Å². The molecule has 0 bridgehead atoms.